The van der Waals surface area contributed by atoms with Crippen molar-refractivity contribution in [3.8, 4) is 11.8 Å². The van der Waals surface area contributed by atoms with E-state index in [0.717, 1.165) is 6.42 Å². The van der Waals surface area contributed by atoms with Crippen LogP contribution in [-0.2, 0) is 0 Å². The Morgan fingerprint density at radius 3 is 2.79 bits per heavy atom. The fourth-order valence-electron chi connectivity index (χ4n) is 1.46. The van der Waals surface area contributed by atoms with Gasteiger partial charge in [0.15, 0.2) is 0 Å². The number of hydrogen-bond acceptors (Lipinski definition) is 3. The molecule has 0 fully saturated rings. The number of anilines is 1. The summed E-state index contributed by atoms with van der Waals surface area (Å²) in [4.78, 5) is 11.6. The monoisotopic (exact) mass is 261 g/mol. The maximum absolute atomic E-state index is 11.6. The number of nitrogens with one attached hydrogen (secondary N) is 2. The van der Waals surface area contributed by atoms with Crippen molar-refractivity contribution >= 4 is 11.7 Å². The summed E-state index contributed by atoms with van der Waals surface area (Å²) in [6, 6.07) is 6.69. The van der Waals surface area contributed by atoms with Crippen LogP contribution in [0.25, 0.3) is 0 Å². The van der Waals surface area contributed by atoms with Crippen molar-refractivity contribution in [3.05, 3.63) is 23.8 Å². The smallest absolute Gasteiger partial charge is 0.319 e. The summed E-state index contributed by atoms with van der Waals surface area (Å²) in [6.07, 6.45) is 0.855. The summed E-state index contributed by atoms with van der Waals surface area (Å²) >= 11 is 0. The van der Waals surface area contributed by atoms with Crippen LogP contribution in [0.3, 0.4) is 0 Å². The van der Waals surface area contributed by atoms with Crippen molar-refractivity contribution in [1.29, 1.82) is 5.26 Å². The molecular formula is C14H19N3O2. The lowest BCUT2D eigenvalue weighted by Gasteiger charge is -2.15. The van der Waals surface area contributed by atoms with E-state index in [1.807, 2.05) is 26.8 Å². The Labute approximate surface area is 113 Å². The molecule has 0 aliphatic heterocycles. The molecule has 0 aromatic heterocycles. The van der Waals surface area contributed by atoms with Crippen molar-refractivity contribution in [2.75, 3.05) is 11.9 Å². The molecular weight excluding hydrogens is 242 g/mol. The molecule has 1 aromatic rings. The molecule has 0 spiro atoms. The molecule has 1 aromatic carbocycles. The van der Waals surface area contributed by atoms with E-state index in [4.69, 9.17) is 10.00 Å². The van der Waals surface area contributed by atoms with Crippen LogP contribution in [-0.4, -0.2) is 18.7 Å². The molecule has 1 rings (SSSR count). The highest BCUT2D eigenvalue weighted by molar-refractivity contribution is 5.91. The minimum Gasteiger partial charge on any atom is -0.489 e. The number of nitrogens with zero attached hydrogens (tertiary/aromatic N) is 1. The first-order chi connectivity index (χ1) is 9.06. The molecule has 2 N–H and O–H groups in total. The van der Waals surface area contributed by atoms with Crippen molar-refractivity contribution in [2.45, 2.75) is 33.3 Å². The maximum atomic E-state index is 11.6. The van der Waals surface area contributed by atoms with Gasteiger partial charge in [-0.15, -0.1) is 0 Å². The predicted octanol–water partition coefficient (Wildman–Crippen LogP) is 2.88. The van der Waals surface area contributed by atoms with Gasteiger partial charge in [0, 0.05) is 6.54 Å². The average molecular weight is 261 g/mol. The molecule has 0 unspecified atom stereocenters. The highest BCUT2D eigenvalue weighted by Gasteiger charge is 2.10. The Morgan fingerprint density at radius 1 is 1.47 bits per heavy atom. The molecule has 0 radical (unpaired) electrons. The maximum Gasteiger partial charge on any atom is 0.319 e. The van der Waals surface area contributed by atoms with Gasteiger partial charge in [-0.25, -0.2) is 4.79 Å². The van der Waals surface area contributed by atoms with Crippen molar-refractivity contribution < 1.29 is 9.53 Å². The van der Waals surface area contributed by atoms with Crippen LogP contribution >= 0.6 is 0 Å². The highest BCUT2D eigenvalue weighted by Crippen LogP contribution is 2.26. The van der Waals surface area contributed by atoms with E-state index in [-0.39, 0.29) is 12.1 Å². The summed E-state index contributed by atoms with van der Waals surface area (Å²) in [5.41, 5.74) is 0.975. The number of amides is 2. The van der Waals surface area contributed by atoms with Crippen molar-refractivity contribution in [3.63, 3.8) is 0 Å². The third-order valence-corrected chi connectivity index (χ3v) is 2.26. The largest absolute Gasteiger partial charge is 0.489 e. The second-order valence-corrected chi connectivity index (χ2v) is 4.37. The van der Waals surface area contributed by atoms with E-state index in [9.17, 15) is 4.79 Å². The number of carbonyl (C=O) groups is 1. The summed E-state index contributed by atoms with van der Waals surface area (Å²) in [5, 5.41) is 14.3. The fraction of sp³-hybridized carbons (Fsp3) is 0.429. The molecule has 0 heterocycles. The van der Waals surface area contributed by atoms with Gasteiger partial charge in [-0.3, -0.25) is 0 Å². The van der Waals surface area contributed by atoms with Gasteiger partial charge in [0.2, 0.25) is 0 Å². The molecule has 0 bridgehead atoms. The topological polar surface area (TPSA) is 74.2 Å². The summed E-state index contributed by atoms with van der Waals surface area (Å²) in [5.74, 6) is 0.556. The van der Waals surface area contributed by atoms with E-state index in [1.165, 1.54) is 0 Å². The molecule has 5 heteroatoms. The quantitative estimate of drug-likeness (QED) is 0.855. The number of nitriles is 1. The molecule has 2 amide bonds. The Morgan fingerprint density at radius 2 is 2.21 bits per heavy atom. The van der Waals surface area contributed by atoms with Gasteiger partial charge in [0.25, 0.3) is 0 Å². The minimum atomic E-state index is -0.300. The average Bonchev–Trinajstić information content (AvgIpc) is 2.37. The molecule has 0 saturated carbocycles. The van der Waals surface area contributed by atoms with Crippen LogP contribution in [0.2, 0.25) is 0 Å². The normalized spacial score (nSPS) is 9.84. The Bertz CT molecular complexity index is 478. The molecule has 102 valence electrons. The van der Waals surface area contributed by atoms with Gasteiger partial charge in [-0.2, -0.15) is 5.26 Å². The standard InChI is InChI=1S/C14H19N3O2/c1-4-7-16-14(18)17-12-8-11(9-15)5-6-13(12)19-10(2)3/h5-6,8,10H,4,7H2,1-3H3,(H2,16,17,18). The fourth-order valence-corrected chi connectivity index (χ4v) is 1.46. The van der Waals surface area contributed by atoms with Crippen LogP contribution in [0.1, 0.15) is 32.8 Å². The zero-order valence-corrected chi connectivity index (χ0v) is 11.5. The molecule has 0 aliphatic rings. The predicted molar refractivity (Wildman–Crippen MR) is 74.2 cm³/mol. The van der Waals surface area contributed by atoms with Crippen LogP contribution in [0.4, 0.5) is 10.5 Å². The first-order valence-electron chi connectivity index (χ1n) is 6.32. The van der Waals surface area contributed by atoms with E-state index < -0.39 is 0 Å². The number of hydrogen-bond donors (Lipinski definition) is 2. The van der Waals surface area contributed by atoms with Crippen LogP contribution < -0.4 is 15.4 Å². The summed E-state index contributed by atoms with van der Waals surface area (Å²) in [6.45, 7) is 6.38. The van der Waals surface area contributed by atoms with Gasteiger partial charge in [0.05, 0.1) is 23.4 Å². The summed E-state index contributed by atoms with van der Waals surface area (Å²) < 4.78 is 5.60. The number of carbonyl (C=O) groups excluding carboxylic acids is 1. The Balaban J connectivity index is 2.88. The van der Waals surface area contributed by atoms with Gasteiger partial charge in [-0.05, 0) is 38.5 Å². The highest BCUT2D eigenvalue weighted by atomic mass is 16.5. The van der Waals surface area contributed by atoms with Gasteiger partial charge < -0.3 is 15.4 Å². The Kier molecular flexibility index (Phi) is 5.68. The molecule has 0 atom stereocenters. The lowest BCUT2D eigenvalue weighted by Crippen LogP contribution is -2.29. The molecule has 0 saturated heterocycles. The zero-order valence-electron chi connectivity index (χ0n) is 11.5. The number of ether oxygens (including phenoxy) is 1. The van der Waals surface area contributed by atoms with Gasteiger partial charge in [-0.1, -0.05) is 6.92 Å². The number of benzene rings is 1. The minimum absolute atomic E-state index is 0.00723. The van der Waals surface area contributed by atoms with E-state index >= 15 is 0 Å². The van der Waals surface area contributed by atoms with Crippen LogP contribution in [0.5, 0.6) is 5.75 Å². The second kappa shape index (κ2) is 7.27. The number of rotatable bonds is 5. The van der Waals surface area contributed by atoms with Crippen molar-refractivity contribution in [1.82, 2.24) is 5.32 Å². The molecule has 19 heavy (non-hydrogen) atoms. The van der Waals surface area contributed by atoms with E-state index in [2.05, 4.69) is 10.6 Å². The Hall–Kier alpha value is -2.22. The van der Waals surface area contributed by atoms with Crippen LogP contribution in [0, 0.1) is 11.3 Å². The lowest BCUT2D eigenvalue weighted by atomic mass is 10.2. The van der Waals surface area contributed by atoms with E-state index in [1.54, 1.807) is 18.2 Å². The van der Waals surface area contributed by atoms with Gasteiger partial charge >= 0.3 is 6.03 Å². The third kappa shape index (κ3) is 4.88. The molecule has 5 nitrogen and oxygen atoms in total. The SMILES string of the molecule is CCCNC(=O)Nc1cc(C#N)ccc1OC(C)C. The van der Waals surface area contributed by atoms with Gasteiger partial charge in [0.1, 0.15) is 5.75 Å². The number of urea groups is 1. The van der Waals surface area contributed by atoms with Crippen LogP contribution in [0.15, 0.2) is 18.2 Å². The zero-order chi connectivity index (χ0) is 14.3. The molecule has 0 aliphatic carbocycles. The summed E-state index contributed by atoms with van der Waals surface area (Å²) in [7, 11) is 0. The van der Waals surface area contributed by atoms with E-state index in [0.29, 0.717) is 23.5 Å². The second-order valence-electron chi connectivity index (χ2n) is 4.37. The third-order valence-electron chi connectivity index (χ3n) is 2.26. The van der Waals surface area contributed by atoms with Crippen molar-refractivity contribution in [2.24, 2.45) is 0 Å². The first-order valence-corrected chi connectivity index (χ1v) is 6.32. The lowest BCUT2D eigenvalue weighted by molar-refractivity contribution is 0.241. The first kappa shape index (κ1) is 14.8.